The summed E-state index contributed by atoms with van der Waals surface area (Å²) < 4.78 is 5.53. The smallest absolute Gasteiger partial charge is 0.277 e. The number of amides is 1. The van der Waals surface area contributed by atoms with Gasteiger partial charge in [0.2, 0.25) is 0 Å². The summed E-state index contributed by atoms with van der Waals surface area (Å²) in [5, 5.41) is 13.1. The van der Waals surface area contributed by atoms with Crippen LogP contribution in [-0.2, 0) is 4.79 Å². The molecule has 4 rings (SSSR count). The van der Waals surface area contributed by atoms with Gasteiger partial charge < -0.3 is 4.74 Å². The third-order valence-electron chi connectivity index (χ3n) is 5.06. The highest BCUT2D eigenvalue weighted by Crippen LogP contribution is 2.40. The number of benzene rings is 2. The van der Waals surface area contributed by atoms with Crippen LogP contribution < -0.4 is 10.2 Å². The minimum atomic E-state index is -0.256. The average molecular weight is 357 g/mol. The molecule has 0 spiro atoms. The van der Waals surface area contributed by atoms with E-state index in [-0.39, 0.29) is 12.5 Å². The molecule has 2 aromatic carbocycles. The van der Waals surface area contributed by atoms with Crippen LogP contribution in [0.15, 0.2) is 65.8 Å². The van der Waals surface area contributed by atoms with Gasteiger partial charge in [-0.25, -0.2) is 5.43 Å². The molecule has 2 atom stereocenters. The number of hydrogen-bond donors (Lipinski definition) is 1. The van der Waals surface area contributed by atoms with E-state index in [0.717, 1.165) is 29.7 Å². The van der Waals surface area contributed by atoms with E-state index in [0.29, 0.717) is 23.1 Å². The Morgan fingerprint density at radius 1 is 1.15 bits per heavy atom. The van der Waals surface area contributed by atoms with Gasteiger partial charge in [0.1, 0.15) is 5.75 Å². The number of allylic oxidation sites excluding steroid dienone is 2. The Morgan fingerprint density at radius 2 is 1.85 bits per heavy atom. The van der Waals surface area contributed by atoms with E-state index in [1.807, 2.05) is 36.4 Å². The molecule has 0 radical (unpaired) electrons. The quantitative estimate of drug-likeness (QED) is 0.655. The van der Waals surface area contributed by atoms with Crippen molar-refractivity contribution in [3.63, 3.8) is 0 Å². The first-order valence-electron chi connectivity index (χ1n) is 8.98. The van der Waals surface area contributed by atoms with Crippen molar-refractivity contribution in [1.82, 2.24) is 5.43 Å². The largest absolute Gasteiger partial charge is 0.484 e. The van der Waals surface area contributed by atoms with E-state index < -0.39 is 0 Å². The summed E-state index contributed by atoms with van der Waals surface area (Å²) in [7, 11) is 0. The molecule has 1 amide bonds. The minimum absolute atomic E-state index is 0.0701. The zero-order valence-corrected chi connectivity index (χ0v) is 14.8. The van der Waals surface area contributed by atoms with Crippen molar-refractivity contribution in [3.05, 3.63) is 66.2 Å². The van der Waals surface area contributed by atoms with Crippen LogP contribution in [0.4, 0.5) is 0 Å². The van der Waals surface area contributed by atoms with Gasteiger partial charge in [-0.2, -0.15) is 10.4 Å². The minimum Gasteiger partial charge on any atom is -0.484 e. The topological polar surface area (TPSA) is 74.5 Å². The predicted molar refractivity (Wildman–Crippen MR) is 103 cm³/mol. The maximum absolute atomic E-state index is 11.9. The number of fused-ring (bicyclic) bond motifs is 1. The number of hydrazone groups is 1. The van der Waals surface area contributed by atoms with Crippen LogP contribution in [0.2, 0.25) is 0 Å². The molecule has 5 nitrogen and oxygen atoms in total. The van der Waals surface area contributed by atoms with Crippen molar-refractivity contribution in [2.75, 3.05) is 6.61 Å². The van der Waals surface area contributed by atoms with Crippen molar-refractivity contribution in [2.45, 2.75) is 12.8 Å². The van der Waals surface area contributed by atoms with Crippen LogP contribution in [-0.4, -0.2) is 18.2 Å². The number of carbonyl (C=O) groups excluding carboxylic acids is 1. The van der Waals surface area contributed by atoms with Gasteiger partial charge in [-0.15, -0.1) is 0 Å². The molecule has 2 aliphatic rings. The van der Waals surface area contributed by atoms with Gasteiger partial charge >= 0.3 is 0 Å². The third kappa shape index (κ3) is 3.75. The number of nitrogens with one attached hydrogen (secondary N) is 1. The van der Waals surface area contributed by atoms with Gasteiger partial charge in [-0.1, -0.05) is 36.4 Å². The van der Waals surface area contributed by atoms with Crippen LogP contribution in [0.1, 0.15) is 18.4 Å². The molecule has 2 aliphatic carbocycles. The highest BCUT2D eigenvalue weighted by molar-refractivity contribution is 5.94. The zero-order valence-electron chi connectivity index (χ0n) is 14.8. The van der Waals surface area contributed by atoms with E-state index >= 15 is 0 Å². The van der Waals surface area contributed by atoms with Crippen LogP contribution in [0.3, 0.4) is 0 Å². The Bertz CT molecular complexity index is 937. The van der Waals surface area contributed by atoms with E-state index in [9.17, 15) is 4.79 Å². The van der Waals surface area contributed by atoms with E-state index in [4.69, 9.17) is 10.00 Å². The molecule has 0 bridgehead atoms. The van der Waals surface area contributed by atoms with Crippen LogP contribution in [0.5, 0.6) is 5.75 Å². The Morgan fingerprint density at radius 3 is 2.52 bits per heavy atom. The Hall–Kier alpha value is -3.39. The fourth-order valence-corrected chi connectivity index (χ4v) is 3.46. The second-order valence-corrected chi connectivity index (χ2v) is 6.78. The second kappa shape index (κ2) is 7.46. The fraction of sp³-hybridized carbons (Fsp3) is 0.227. The molecule has 2 aromatic rings. The van der Waals surface area contributed by atoms with Crippen LogP contribution in [0, 0.1) is 23.2 Å². The lowest BCUT2D eigenvalue weighted by molar-refractivity contribution is -0.123. The Kier molecular flexibility index (Phi) is 4.71. The monoisotopic (exact) mass is 357 g/mol. The SMILES string of the molecule is N#Cc1ccc(-c2ccc(OCC(=O)N/N=C3/C[C@@H]4C=CC[C@@H]34)cc2)cc1. The fourth-order valence-electron chi connectivity index (χ4n) is 3.46. The van der Waals surface area contributed by atoms with Gasteiger partial charge in [0.05, 0.1) is 11.6 Å². The summed E-state index contributed by atoms with van der Waals surface area (Å²) in [5.41, 5.74) is 6.34. The Labute approximate surface area is 158 Å². The summed E-state index contributed by atoms with van der Waals surface area (Å²) in [6, 6.07) is 17.0. The van der Waals surface area contributed by atoms with E-state index in [1.165, 1.54) is 0 Å². The van der Waals surface area contributed by atoms with Gasteiger partial charge in [0.25, 0.3) is 5.91 Å². The molecule has 0 aromatic heterocycles. The molecule has 5 heteroatoms. The zero-order chi connectivity index (χ0) is 18.6. The average Bonchev–Trinajstić information content (AvgIpc) is 3.08. The number of nitriles is 1. The molecule has 134 valence electrons. The highest BCUT2D eigenvalue weighted by atomic mass is 16.5. The first kappa shape index (κ1) is 17.0. The first-order valence-corrected chi connectivity index (χ1v) is 8.98. The number of hydrogen-bond acceptors (Lipinski definition) is 4. The number of nitrogens with zero attached hydrogens (tertiary/aromatic N) is 2. The number of carbonyl (C=O) groups is 1. The summed E-state index contributed by atoms with van der Waals surface area (Å²) in [6.07, 6.45) is 6.39. The van der Waals surface area contributed by atoms with Crippen LogP contribution in [0.25, 0.3) is 11.1 Å². The second-order valence-electron chi connectivity index (χ2n) is 6.78. The predicted octanol–water partition coefficient (Wildman–Crippen LogP) is 3.67. The maximum atomic E-state index is 11.9. The first-order chi connectivity index (χ1) is 13.2. The van der Waals surface area contributed by atoms with Crippen molar-refractivity contribution >= 4 is 11.6 Å². The highest BCUT2D eigenvalue weighted by Gasteiger charge is 2.37. The lowest BCUT2D eigenvalue weighted by Gasteiger charge is -2.31. The molecule has 0 saturated heterocycles. The van der Waals surface area contributed by atoms with Crippen molar-refractivity contribution in [2.24, 2.45) is 16.9 Å². The van der Waals surface area contributed by atoms with E-state index in [2.05, 4.69) is 28.7 Å². The van der Waals surface area contributed by atoms with Crippen molar-refractivity contribution in [3.8, 4) is 22.9 Å². The van der Waals surface area contributed by atoms with Gasteiger partial charge in [0.15, 0.2) is 6.61 Å². The van der Waals surface area contributed by atoms with Gasteiger partial charge in [-0.05, 0) is 54.2 Å². The van der Waals surface area contributed by atoms with Gasteiger partial charge in [0, 0.05) is 11.6 Å². The normalized spacial score (nSPS) is 21.2. The standard InChI is InChI=1S/C22H19N3O2/c23-13-15-4-6-16(7-5-15)17-8-10-19(11-9-17)27-14-22(26)25-24-21-12-18-2-1-3-20(18)21/h1-2,4-11,18,20H,3,12,14H2,(H,25,26)/b24-21-/t18-,20+/m0/s1. The molecule has 1 N–H and O–H groups in total. The summed E-state index contributed by atoms with van der Waals surface area (Å²) in [6.45, 7) is -0.0701. The molecular formula is C22H19N3O2. The van der Waals surface area contributed by atoms with Crippen LogP contribution >= 0.6 is 0 Å². The lowest BCUT2D eigenvalue weighted by Crippen LogP contribution is -2.36. The molecule has 0 unspecified atom stereocenters. The molecule has 0 aliphatic heterocycles. The summed E-state index contributed by atoms with van der Waals surface area (Å²) >= 11 is 0. The molecule has 27 heavy (non-hydrogen) atoms. The number of rotatable bonds is 5. The summed E-state index contributed by atoms with van der Waals surface area (Å²) in [4.78, 5) is 11.9. The molecule has 1 saturated carbocycles. The third-order valence-corrected chi connectivity index (χ3v) is 5.06. The molecule has 0 heterocycles. The van der Waals surface area contributed by atoms with Crippen molar-refractivity contribution < 1.29 is 9.53 Å². The molecular weight excluding hydrogens is 338 g/mol. The van der Waals surface area contributed by atoms with Crippen molar-refractivity contribution in [1.29, 1.82) is 5.26 Å². The lowest BCUT2D eigenvalue weighted by atomic mass is 9.74. The van der Waals surface area contributed by atoms with Gasteiger partial charge in [-0.3, -0.25) is 4.79 Å². The number of ether oxygens (including phenoxy) is 1. The maximum Gasteiger partial charge on any atom is 0.277 e. The summed E-state index contributed by atoms with van der Waals surface area (Å²) in [5.74, 6) is 1.47. The van der Waals surface area contributed by atoms with E-state index in [1.54, 1.807) is 12.1 Å². The molecule has 1 fully saturated rings. The Balaban J connectivity index is 1.27.